The molecular weight excluding hydrogens is 348 g/mol. The van der Waals surface area contributed by atoms with Gasteiger partial charge in [0, 0.05) is 12.1 Å². The highest BCUT2D eigenvalue weighted by atomic mass is 32.2. The van der Waals surface area contributed by atoms with Gasteiger partial charge in [-0.05, 0) is 38.3 Å². The third-order valence-corrected chi connectivity index (χ3v) is 7.49. The Labute approximate surface area is 144 Å². The van der Waals surface area contributed by atoms with Crippen LogP contribution in [0.3, 0.4) is 0 Å². The molecule has 2 amide bonds. The molecular formula is C16H16N2O6S. The first-order chi connectivity index (χ1) is 11.8. The summed E-state index contributed by atoms with van der Waals surface area (Å²) in [6.45, 7) is 2.17. The van der Waals surface area contributed by atoms with Crippen molar-refractivity contribution in [2.24, 2.45) is 0 Å². The lowest BCUT2D eigenvalue weighted by molar-refractivity contribution is -0.168. The van der Waals surface area contributed by atoms with E-state index in [4.69, 9.17) is 4.84 Å². The molecule has 25 heavy (non-hydrogen) atoms. The Morgan fingerprint density at radius 1 is 1.20 bits per heavy atom. The van der Waals surface area contributed by atoms with Gasteiger partial charge in [0.05, 0.1) is 11.1 Å². The number of hydroxylamine groups is 2. The SMILES string of the molecule is C[C@]12CCCN1S(=O)(=O)[C@H](C(=O)ON1C(=O)c3ccccc3C1=O)C2. The number of imide groups is 1. The monoisotopic (exact) mass is 364 g/mol. The van der Waals surface area contributed by atoms with Gasteiger partial charge in [-0.25, -0.2) is 13.2 Å². The van der Waals surface area contributed by atoms with Crippen molar-refractivity contribution in [3.63, 3.8) is 0 Å². The van der Waals surface area contributed by atoms with Gasteiger partial charge in [0.1, 0.15) is 0 Å². The number of carbonyl (C=O) groups is 3. The van der Waals surface area contributed by atoms with Crippen LogP contribution < -0.4 is 0 Å². The molecule has 2 atom stereocenters. The van der Waals surface area contributed by atoms with Gasteiger partial charge in [-0.15, -0.1) is 0 Å². The van der Waals surface area contributed by atoms with Crippen molar-refractivity contribution in [1.29, 1.82) is 0 Å². The zero-order chi connectivity index (χ0) is 18.0. The van der Waals surface area contributed by atoms with Crippen molar-refractivity contribution in [3.05, 3.63) is 35.4 Å². The standard InChI is InChI=1S/C16H16N2O6S/c1-16-7-4-8-17(16)25(22,23)12(9-16)15(21)24-18-13(19)10-5-2-3-6-11(10)14(18)20/h2-3,5-6,12H,4,7-9H2,1H3/t12-,16+/m0/s1. The number of carbonyl (C=O) groups excluding carboxylic acids is 3. The molecule has 3 aliphatic rings. The van der Waals surface area contributed by atoms with E-state index in [1.807, 2.05) is 0 Å². The molecule has 0 N–H and O–H groups in total. The summed E-state index contributed by atoms with van der Waals surface area (Å²) in [7, 11) is -3.86. The van der Waals surface area contributed by atoms with E-state index in [0.29, 0.717) is 18.0 Å². The second-order valence-corrected chi connectivity index (χ2v) is 8.81. The molecule has 0 radical (unpaired) electrons. The molecule has 0 unspecified atom stereocenters. The molecule has 1 aromatic rings. The van der Waals surface area contributed by atoms with E-state index in [0.717, 1.165) is 6.42 Å². The Morgan fingerprint density at radius 3 is 2.36 bits per heavy atom. The number of hydrogen-bond donors (Lipinski definition) is 0. The van der Waals surface area contributed by atoms with Gasteiger partial charge in [0.2, 0.25) is 10.0 Å². The van der Waals surface area contributed by atoms with Crippen LogP contribution in [0.2, 0.25) is 0 Å². The van der Waals surface area contributed by atoms with Gasteiger partial charge >= 0.3 is 5.97 Å². The lowest BCUT2D eigenvalue weighted by atomic mass is 9.94. The molecule has 3 heterocycles. The molecule has 2 saturated heterocycles. The smallest absolute Gasteiger partial charge is 0.328 e. The van der Waals surface area contributed by atoms with Crippen LogP contribution in [0.15, 0.2) is 24.3 Å². The maximum absolute atomic E-state index is 12.6. The second-order valence-electron chi connectivity index (χ2n) is 6.77. The average Bonchev–Trinajstić information content (AvgIpc) is 3.14. The van der Waals surface area contributed by atoms with Gasteiger partial charge in [-0.3, -0.25) is 9.59 Å². The first-order valence-corrected chi connectivity index (χ1v) is 9.47. The summed E-state index contributed by atoms with van der Waals surface area (Å²) in [5.41, 5.74) is -0.353. The third kappa shape index (κ3) is 2.15. The highest BCUT2D eigenvalue weighted by Gasteiger charge is 2.59. The molecule has 9 heteroatoms. The van der Waals surface area contributed by atoms with Crippen molar-refractivity contribution in [2.75, 3.05) is 6.54 Å². The lowest BCUT2D eigenvalue weighted by Crippen LogP contribution is -2.40. The molecule has 1 aromatic carbocycles. The van der Waals surface area contributed by atoms with Gasteiger partial charge in [0.25, 0.3) is 11.8 Å². The summed E-state index contributed by atoms with van der Waals surface area (Å²) in [5, 5.41) is -1.05. The van der Waals surface area contributed by atoms with Crippen LogP contribution in [0.4, 0.5) is 0 Å². The molecule has 0 bridgehead atoms. The highest BCUT2D eigenvalue weighted by molar-refractivity contribution is 7.90. The molecule has 132 valence electrons. The molecule has 0 spiro atoms. The summed E-state index contributed by atoms with van der Waals surface area (Å²) >= 11 is 0. The van der Waals surface area contributed by atoms with E-state index in [1.54, 1.807) is 19.1 Å². The minimum atomic E-state index is -3.86. The Kier molecular flexibility index (Phi) is 3.32. The van der Waals surface area contributed by atoms with Crippen molar-refractivity contribution < 1.29 is 27.6 Å². The number of benzene rings is 1. The summed E-state index contributed by atoms with van der Waals surface area (Å²) in [6.07, 6.45) is 1.51. The topological polar surface area (TPSA) is 101 Å². The first-order valence-electron chi connectivity index (χ1n) is 7.97. The summed E-state index contributed by atoms with van der Waals surface area (Å²) in [4.78, 5) is 41.9. The maximum Gasteiger partial charge on any atom is 0.352 e. The molecule has 2 fully saturated rings. The van der Waals surface area contributed by atoms with Crippen LogP contribution in [-0.2, 0) is 19.7 Å². The molecule has 0 saturated carbocycles. The Bertz CT molecular complexity index is 876. The summed E-state index contributed by atoms with van der Waals surface area (Å²) in [5.74, 6) is -2.63. The summed E-state index contributed by atoms with van der Waals surface area (Å²) < 4.78 is 26.6. The van der Waals surface area contributed by atoms with E-state index in [9.17, 15) is 22.8 Å². The fourth-order valence-corrected chi connectivity index (χ4v) is 6.23. The number of fused-ring (bicyclic) bond motifs is 2. The van der Waals surface area contributed by atoms with Crippen LogP contribution in [0.25, 0.3) is 0 Å². The van der Waals surface area contributed by atoms with Crippen LogP contribution in [0, 0.1) is 0 Å². The third-order valence-electron chi connectivity index (χ3n) is 5.17. The molecule has 0 aliphatic carbocycles. The largest absolute Gasteiger partial charge is 0.352 e. The van der Waals surface area contributed by atoms with Crippen LogP contribution in [0.1, 0.15) is 46.9 Å². The van der Waals surface area contributed by atoms with Crippen LogP contribution in [-0.4, -0.2) is 52.9 Å². The van der Waals surface area contributed by atoms with Gasteiger partial charge < -0.3 is 4.84 Å². The minimum Gasteiger partial charge on any atom is -0.328 e. The van der Waals surface area contributed by atoms with Crippen molar-refractivity contribution in [2.45, 2.75) is 37.0 Å². The fraction of sp³-hybridized carbons (Fsp3) is 0.438. The zero-order valence-corrected chi connectivity index (χ0v) is 14.3. The average molecular weight is 364 g/mol. The van der Waals surface area contributed by atoms with E-state index in [-0.39, 0.29) is 17.5 Å². The number of nitrogens with zero attached hydrogens (tertiary/aromatic N) is 2. The number of sulfonamides is 1. The highest BCUT2D eigenvalue weighted by Crippen LogP contribution is 2.44. The van der Waals surface area contributed by atoms with Crippen LogP contribution >= 0.6 is 0 Å². The molecule has 3 aliphatic heterocycles. The Balaban J connectivity index is 1.58. The normalized spacial score (nSPS) is 30.4. The lowest BCUT2D eigenvalue weighted by Gasteiger charge is -2.24. The second kappa shape index (κ2) is 5.12. The van der Waals surface area contributed by atoms with Crippen molar-refractivity contribution in [3.8, 4) is 0 Å². The summed E-state index contributed by atoms with van der Waals surface area (Å²) in [6, 6.07) is 6.08. The Morgan fingerprint density at radius 2 is 1.80 bits per heavy atom. The molecule has 8 nitrogen and oxygen atoms in total. The predicted molar refractivity (Wildman–Crippen MR) is 84.7 cm³/mol. The van der Waals surface area contributed by atoms with Gasteiger partial charge in [-0.1, -0.05) is 17.2 Å². The van der Waals surface area contributed by atoms with E-state index in [1.165, 1.54) is 16.4 Å². The maximum atomic E-state index is 12.6. The van der Waals surface area contributed by atoms with E-state index in [2.05, 4.69) is 0 Å². The van der Waals surface area contributed by atoms with Gasteiger partial charge in [0.15, 0.2) is 5.25 Å². The van der Waals surface area contributed by atoms with Crippen LogP contribution in [0.5, 0.6) is 0 Å². The number of hydrogen-bond acceptors (Lipinski definition) is 6. The number of amides is 2. The predicted octanol–water partition coefficient (Wildman–Crippen LogP) is 0.697. The Hall–Kier alpha value is -2.26. The molecule has 0 aromatic heterocycles. The van der Waals surface area contributed by atoms with Crippen molar-refractivity contribution in [1.82, 2.24) is 9.37 Å². The number of rotatable bonds is 2. The zero-order valence-electron chi connectivity index (χ0n) is 13.5. The van der Waals surface area contributed by atoms with E-state index < -0.39 is 38.6 Å². The fourth-order valence-electron chi connectivity index (χ4n) is 3.90. The quantitative estimate of drug-likeness (QED) is 0.716. The minimum absolute atomic E-state index is 0.0946. The van der Waals surface area contributed by atoms with E-state index >= 15 is 0 Å². The molecule has 4 rings (SSSR count). The first kappa shape index (κ1) is 16.2. The van der Waals surface area contributed by atoms with Crippen molar-refractivity contribution >= 4 is 27.8 Å². The van der Waals surface area contributed by atoms with Gasteiger partial charge in [-0.2, -0.15) is 4.31 Å².